The average Bonchev–Trinajstić information content (AvgIpc) is 2.11. The summed E-state index contributed by atoms with van der Waals surface area (Å²) in [6.07, 6.45) is 1.35. The molecule has 0 saturated carbocycles. The first kappa shape index (κ1) is 9.32. The smallest absolute Gasteiger partial charge is 0.0747 e. The molecule has 0 aliphatic carbocycles. The molecule has 1 aliphatic rings. The summed E-state index contributed by atoms with van der Waals surface area (Å²) < 4.78 is 0. The van der Waals surface area contributed by atoms with Crippen LogP contribution < -0.4 is 5.32 Å². The van der Waals surface area contributed by atoms with E-state index in [1.807, 2.05) is 0 Å². The topological polar surface area (TPSA) is 81.0 Å². The number of hydrogen-bond acceptors (Lipinski definition) is 3. The number of rotatable bonds is 1. The molecule has 2 N–H and O–H groups in total. The van der Waals surface area contributed by atoms with Gasteiger partial charge in [-0.15, -0.1) is 0 Å². The zero-order chi connectivity index (χ0) is 9.03. The van der Waals surface area contributed by atoms with Crippen LogP contribution >= 0.6 is 0 Å². The van der Waals surface area contributed by atoms with Crippen molar-refractivity contribution in [3.63, 3.8) is 0 Å². The van der Waals surface area contributed by atoms with Crippen LogP contribution in [0.25, 0.3) is 10.4 Å². The summed E-state index contributed by atoms with van der Waals surface area (Å²) in [5.41, 5.74) is 7.50. The number of aliphatic hydroxyl groups is 1. The van der Waals surface area contributed by atoms with Gasteiger partial charge < -0.3 is 10.4 Å². The van der Waals surface area contributed by atoms with E-state index in [0.717, 1.165) is 13.0 Å². The molecule has 0 aromatic carbocycles. The molecule has 1 fully saturated rings. The third-order valence-corrected chi connectivity index (χ3v) is 2.05. The van der Waals surface area contributed by atoms with Gasteiger partial charge in [0.15, 0.2) is 0 Å². The van der Waals surface area contributed by atoms with Crippen molar-refractivity contribution in [3.8, 4) is 0 Å². The lowest BCUT2D eigenvalue weighted by molar-refractivity contribution is 0.0520. The molecule has 0 spiro atoms. The fourth-order valence-electron chi connectivity index (χ4n) is 1.48. The van der Waals surface area contributed by atoms with Gasteiger partial charge in [-0.2, -0.15) is 0 Å². The fourth-order valence-corrected chi connectivity index (χ4v) is 1.48. The molecule has 12 heavy (non-hydrogen) atoms. The second kappa shape index (κ2) is 3.76. The van der Waals surface area contributed by atoms with Crippen LogP contribution in [0, 0.1) is 0 Å². The highest BCUT2D eigenvalue weighted by atomic mass is 16.3. The van der Waals surface area contributed by atoms with Crippen LogP contribution in [0.2, 0.25) is 0 Å². The highest BCUT2D eigenvalue weighted by Crippen LogP contribution is 2.18. The van der Waals surface area contributed by atoms with E-state index >= 15 is 0 Å². The average molecular weight is 170 g/mol. The maximum atomic E-state index is 9.71. The molecule has 5 heteroatoms. The second-order valence-electron chi connectivity index (χ2n) is 3.53. The first-order chi connectivity index (χ1) is 5.64. The molecule has 1 aliphatic heterocycles. The van der Waals surface area contributed by atoms with Gasteiger partial charge in [-0.25, -0.2) is 0 Å². The van der Waals surface area contributed by atoms with Gasteiger partial charge in [0.1, 0.15) is 0 Å². The predicted octanol–water partition coefficient (Wildman–Crippen LogP) is 0.800. The Kier molecular flexibility index (Phi) is 2.92. The van der Waals surface area contributed by atoms with Crippen molar-refractivity contribution in [3.05, 3.63) is 10.4 Å². The van der Waals surface area contributed by atoms with Gasteiger partial charge in [0.05, 0.1) is 5.60 Å². The van der Waals surface area contributed by atoms with Crippen LogP contribution in [0.1, 0.15) is 19.8 Å². The summed E-state index contributed by atoms with van der Waals surface area (Å²) in [6.45, 7) is 3.13. The van der Waals surface area contributed by atoms with E-state index < -0.39 is 5.60 Å². The van der Waals surface area contributed by atoms with E-state index in [2.05, 4.69) is 15.3 Å². The van der Waals surface area contributed by atoms with Crippen molar-refractivity contribution in [2.45, 2.75) is 31.4 Å². The normalized spacial score (nSPS) is 36.7. The summed E-state index contributed by atoms with van der Waals surface area (Å²) in [4.78, 5) is 2.75. The van der Waals surface area contributed by atoms with Crippen molar-refractivity contribution in [2.75, 3.05) is 13.1 Å². The Balaban J connectivity index is 2.59. The molecular weight excluding hydrogens is 156 g/mol. The fraction of sp³-hybridized carbons (Fsp3) is 1.00. The maximum Gasteiger partial charge on any atom is 0.0747 e. The van der Waals surface area contributed by atoms with Crippen LogP contribution in [-0.4, -0.2) is 29.8 Å². The molecule has 0 amide bonds. The Morgan fingerprint density at radius 1 is 1.75 bits per heavy atom. The number of hydrogen-bond donors (Lipinski definition) is 2. The van der Waals surface area contributed by atoms with Crippen molar-refractivity contribution < 1.29 is 5.11 Å². The van der Waals surface area contributed by atoms with Gasteiger partial charge in [0, 0.05) is 17.5 Å². The van der Waals surface area contributed by atoms with Crippen LogP contribution in [0.5, 0.6) is 0 Å². The van der Waals surface area contributed by atoms with Crippen LogP contribution in [0.3, 0.4) is 0 Å². The summed E-state index contributed by atoms with van der Waals surface area (Å²) in [6, 6.07) is -0.0694. The monoisotopic (exact) mass is 170 g/mol. The molecule has 68 valence electrons. The first-order valence-corrected chi connectivity index (χ1v) is 4.11. The molecule has 0 aromatic heterocycles. The van der Waals surface area contributed by atoms with Gasteiger partial charge in [-0.3, -0.25) is 0 Å². The summed E-state index contributed by atoms with van der Waals surface area (Å²) in [5.74, 6) is 0. The minimum absolute atomic E-state index is 0.0694. The molecule has 0 aromatic rings. The van der Waals surface area contributed by atoms with E-state index in [1.54, 1.807) is 6.92 Å². The molecule has 1 heterocycles. The predicted molar refractivity (Wildman–Crippen MR) is 45.7 cm³/mol. The van der Waals surface area contributed by atoms with E-state index in [-0.39, 0.29) is 6.04 Å². The summed E-state index contributed by atoms with van der Waals surface area (Å²) in [5, 5.41) is 16.4. The van der Waals surface area contributed by atoms with Gasteiger partial charge >= 0.3 is 0 Å². The molecular formula is C7H14N4O. The van der Waals surface area contributed by atoms with E-state index in [0.29, 0.717) is 13.0 Å². The van der Waals surface area contributed by atoms with Gasteiger partial charge in [0.25, 0.3) is 0 Å². The Morgan fingerprint density at radius 3 is 3.17 bits per heavy atom. The van der Waals surface area contributed by atoms with Crippen molar-refractivity contribution >= 4 is 0 Å². The highest BCUT2D eigenvalue weighted by Gasteiger charge is 2.26. The van der Waals surface area contributed by atoms with Gasteiger partial charge in [0.2, 0.25) is 0 Å². The second-order valence-corrected chi connectivity index (χ2v) is 3.53. The van der Waals surface area contributed by atoms with E-state index in [9.17, 15) is 5.11 Å². The molecule has 0 radical (unpaired) electrons. The minimum Gasteiger partial charge on any atom is -0.389 e. The number of nitrogens with one attached hydrogen (secondary N) is 1. The maximum absolute atomic E-state index is 9.71. The minimum atomic E-state index is -0.741. The number of azide groups is 1. The molecule has 1 saturated heterocycles. The molecule has 0 bridgehead atoms. The SMILES string of the molecule is CC1(O)CNCCC(N=[N+]=[N-])C1. The lowest BCUT2D eigenvalue weighted by atomic mass is 9.98. The standard InChI is InChI=1S/C7H14N4O/c1-7(12)4-6(10-11-8)2-3-9-5-7/h6,9,12H,2-5H2,1H3. The van der Waals surface area contributed by atoms with Crippen LogP contribution in [0.15, 0.2) is 5.11 Å². The number of nitrogens with zero attached hydrogens (tertiary/aromatic N) is 3. The first-order valence-electron chi connectivity index (χ1n) is 4.11. The third-order valence-electron chi connectivity index (χ3n) is 2.05. The van der Waals surface area contributed by atoms with Gasteiger partial charge in [-0.05, 0) is 31.8 Å². The Hall–Kier alpha value is -0.770. The largest absolute Gasteiger partial charge is 0.389 e. The summed E-state index contributed by atoms with van der Waals surface area (Å²) in [7, 11) is 0. The molecule has 5 nitrogen and oxygen atoms in total. The van der Waals surface area contributed by atoms with Crippen molar-refractivity contribution in [2.24, 2.45) is 5.11 Å². The highest BCUT2D eigenvalue weighted by molar-refractivity contribution is 4.86. The third kappa shape index (κ3) is 2.70. The lowest BCUT2D eigenvalue weighted by Gasteiger charge is -2.22. The van der Waals surface area contributed by atoms with E-state index in [1.165, 1.54) is 0 Å². The van der Waals surface area contributed by atoms with Crippen LogP contribution in [-0.2, 0) is 0 Å². The van der Waals surface area contributed by atoms with Crippen molar-refractivity contribution in [1.82, 2.24) is 5.32 Å². The quantitative estimate of drug-likeness (QED) is 0.346. The Bertz CT molecular complexity index is 198. The zero-order valence-electron chi connectivity index (χ0n) is 7.19. The van der Waals surface area contributed by atoms with E-state index in [4.69, 9.17) is 5.53 Å². The number of β-amino-alcohol motifs (C(OH)–C–C–N with tert-alkyl or cyclic N) is 1. The Labute approximate surface area is 71.4 Å². The molecule has 2 atom stereocenters. The van der Waals surface area contributed by atoms with Gasteiger partial charge in [-0.1, -0.05) is 5.11 Å². The Morgan fingerprint density at radius 2 is 2.50 bits per heavy atom. The lowest BCUT2D eigenvalue weighted by Crippen LogP contribution is -2.36. The molecule has 2 unspecified atom stereocenters. The zero-order valence-corrected chi connectivity index (χ0v) is 7.19. The summed E-state index contributed by atoms with van der Waals surface area (Å²) >= 11 is 0. The van der Waals surface area contributed by atoms with Crippen LogP contribution in [0.4, 0.5) is 0 Å². The van der Waals surface area contributed by atoms with Crippen molar-refractivity contribution in [1.29, 1.82) is 0 Å². The molecule has 1 rings (SSSR count).